The number of nitrogens with zero attached hydrogens (tertiary/aromatic N) is 3. The summed E-state index contributed by atoms with van der Waals surface area (Å²) in [6.45, 7) is 4.96. The predicted molar refractivity (Wildman–Crippen MR) is 122 cm³/mol. The molecule has 0 bridgehead atoms. The lowest BCUT2D eigenvalue weighted by Gasteiger charge is -2.42. The SMILES string of the molecule is CCOc1ccc([C@@H]2CC(=O)N3CN(c4ccc(C)cc4)CSC3=C2C#N)cc1OC. The molecule has 1 amide bonds. The van der Waals surface area contributed by atoms with Crippen molar-refractivity contribution in [3.05, 3.63) is 64.2 Å². The Morgan fingerprint density at radius 3 is 2.65 bits per heavy atom. The van der Waals surface area contributed by atoms with Gasteiger partial charge in [0.05, 0.1) is 42.9 Å². The van der Waals surface area contributed by atoms with Gasteiger partial charge in [0.15, 0.2) is 11.5 Å². The second kappa shape index (κ2) is 8.94. The van der Waals surface area contributed by atoms with Crippen molar-refractivity contribution in [1.29, 1.82) is 5.26 Å². The van der Waals surface area contributed by atoms with Crippen molar-refractivity contribution >= 4 is 23.4 Å². The highest BCUT2D eigenvalue weighted by atomic mass is 32.2. The van der Waals surface area contributed by atoms with Crippen LogP contribution in [-0.4, -0.2) is 37.1 Å². The highest BCUT2D eigenvalue weighted by Gasteiger charge is 2.38. The number of carbonyl (C=O) groups is 1. The van der Waals surface area contributed by atoms with Gasteiger partial charge in [-0.3, -0.25) is 9.69 Å². The molecular formula is C24H25N3O3S. The van der Waals surface area contributed by atoms with Crippen LogP contribution in [0, 0.1) is 18.3 Å². The lowest BCUT2D eigenvalue weighted by Crippen LogP contribution is -2.47. The minimum absolute atomic E-state index is 0.0242. The molecule has 1 fully saturated rings. The third-order valence-corrected chi connectivity index (χ3v) is 6.74. The first kappa shape index (κ1) is 21.1. The van der Waals surface area contributed by atoms with E-state index in [2.05, 4.69) is 42.2 Å². The number of ether oxygens (including phenoxy) is 2. The van der Waals surface area contributed by atoms with Gasteiger partial charge in [0.25, 0.3) is 0 Å². The van der Waals surface area contributed by atoms with E-state index in [1.54, 1.807) is 23.8 Å². The van der Waals surface area contributed by atoms with Gasteiger partial charge in [-0.1, -0.05) is 35.5 Å². The van der Waals surface area contributed by atoms with E-state index in [4.69, 9.17) is 9.47 Å². The molecule has 2 aromatic carbocycles. The van der Waals surface area contributed by atoms with Gasteiger partial charge in [-0.15, -0.1) is 0 Å². The number of nitriles is 1. The number of hydrogen-bond acceptors (Lipinski definition) is 6. The van der Waals surface area contributed by atoms with Crippen LogP contribution in [0.15, 0.2) is 53.1 Å². The van der Waals surface area contributed by atoms with Gasteiger partial charge < -0.3 is 14.4 Å². The maximum atomic E-state index is 13.1. The monoisotopic (exact) mass is 435 g/mol. The number of rotatable bonds is 5. The van der Waals surface area contributed by atoms with Gasteiger partial charge in [-0.25, -0.2) is 0 Å². The van der Waals surface area contributed by atoms with Crippen LogP contribution in [0.1, 0.15) is 30.4 Å². The molecule has 160 valence electrons. The Hall–Kier alpha value is -3.11. The van der Waals surface area contributed by atoms with Crippen molar-refractivity contribution < 1.29 is 14.3 Å². The molecule has 2 heterocycles. The molecule has 0 aliphatic carbocycles. The van der Waals surface area contributed by atoms with Crippen LogP contribution in [-0.2, 0) is 4.79 Å². The molecule has 0 unspecified atom stereocenters. The standard InChI is InChI=1S/C24H25N3O3S/c1-4-30-21-10-7-17(11-22(21)29-3)19-12-23(28)27-14-26(15-31-24(27)20(19)13-25)18-8-5-16(2)6-9-18/h5-11,19H,4,12,14-15H2,1-3H3/t19-/m0/s1. The number of allylic oxidation sites excluding steroid dienone is 1. The molecule has 6 nitrogen and oxygen atoms in total. The molecule has 31 heavy (non-hydrogen) atoms. The topological polar surface area (TPSA) is 65.8 Å². The van der Waals surface area contributed by atoms with Crippen molar-refractivity contribution in [2.45, 2.75) is 26.2 Å². The average molecular weight is 436 g/mol. The largest absolute Gasteiger partial charge is 0.493 e. The number of benzene rings is 2. The highest BCUT2D eigenvalue weighted by Crippen LogP contribution is 2.44. The number of anilines is 1. The van der Waals surface area contributed by atoms with Gasteiger partial charge in [0.2, 0.25) is 5.91 Å². The van der Waals surface area contributed by atoms with E-state index in [1.165, 1.54) is 5.56 Å². The van der Waals surface area contributed by atoms with Crippen LogP contribution in [0.3, 0.4) is 0 Å². The molecule has 0 spiro atoms. The average Bonchev–Trinajstić information content (AvgIpc) is 2.80. The van der Waals surface area contributed by atoms with E-state index in [0.717, 1.165) is 16.3 Å². The Kier molecular flexibility index (Phi) is 6.10. The zero-order valence-corrected chi connectivity index (χ0v) is 18.7. The molecule has 0 saturated carbocycles. The number of aryl methyl sites for hydroxylation is 1. The second-order valence-corrected chi connectivity index (χ2v) is 8.48. The summed E-state index contributed by atoms with van der Waals surface area (Å²) in [5.74, 6) is 1.69. The summed E-state index contributed by atoms with van der Waals surface area (Å²) in [6.07, 6.45) is 0.256. The minimum Gasteiger partial charge on any atom is -0.493 e. The van der Waals surface area contributed by atoms with Gasteiger partial charge in [-0.2, -0.15) is 5.26 Å². The summed E-state index contributed by atoms with van der Waals surface area (Å²) >= 11 is 1.54. The fourth-order valence-electron chi connectivity index (χ4n) is 3.94. The number of thioether (sulfide) groups is 1. The van der Waals surface area contributed by atoms with Crippen molar-refractivity contribution in [2.24, 2.45) is 0 Å². The molecule has 7 heteroatoms. The van der Waals surface area contributed by atoms with Gasteiger partial charge in [-0.05, 0) is 43.7 Å². The van der Waals surface area contributed by atoms with Crippen LogP contribution in [0.25, 0.3) is 0 Å². The molecule has 2 aliphatic heterocycles. The maximum Gasteiger partial charge on any atom is 0.229 e. The molecule has 0 N–H and O–H groups in total. The first-order chi connectivity index (χ1) is 15.0. The normalized spacial score (nSPS) is 18.5. The van der Waals surface area contributed by atoms with E-state index < -0.39 is 0 Å². The van der Waals surface area contributed by atoms with Gasteiger partial charge in [0, 0.05) is 18.0 Å². The van der Waals surface area contributed by atoms with Crippen LogP contribution in [0.5, 0.6) is 11.5 Å². The van der Waals surface area contributed by atoms with Crippen LogP contribution >= 0.6 is 11.8 Å². The van der Waals surface area contributed by atoms with Crippen LogP contribution < -0.4 is 14.4 Å². The number of carbonyl (C=O) groups excluding carboxylic acids is 1. The summed E-state index contributed by atoms with van der Waals surface area (Å²) in [5, 5.41) is 10.8. The van der Waals surface area contributed by atoms with Crippen molar-refractivity contribution in [1.82, 2.24) is 4.90 Å². The fourth-order valence-corrected chi connectivity index (χ4v) is 5.11. The van der Waals surface area contributed by atoms with Crippen LogP contribution in [0.2, 0.25) is 0 Å². The molecule has 1 saturated heterocycles. The van der Waals surface area contributed by atoms with Crippen molar-refractivity contribution in [3.8, 4) is 17.6 Å². The molecule has 4 rings (SSSR count). The minimum atomic E-state index is -0.285. The fraction of sp³-hybridized carbons (Fsp3) is 0.333. The molecule has 2 aromatic rings. The number of hydrogen-bond donors (Lipinski definition) is 0. The maximum absolute atomic E-state index is 13.1. The first-order valence-electron chi connectivity index (χ1n) is 10.3. The Labute approximate surface area is 187 Å². The van der Waals surface area contributed by atoms with Crippen LogP contribution in [0.4, 0.5) is 5.69 Å². The van der Waals surface area contributed by atoms with Gasteiger partial charge >= 0.3 is 0 Å². The van der Waals surface area contributed by atoms with E-state index in [1.807, 2.05) is 25.1 Å². The molecule has 2 aliphatic rings. The Balaban J connectivity index is 1.65. The first-order valence-corrected chi connectivity index (χ1v) is 11.2. The molecule has 0 aromatic heterocycles. The van der Waals surface area contributed by atoms with Crippen molar-refractivity contribution in [3.63, 3.8) is 0 Å². The molecule has 0 radical (unpaired) electrons. The second-order valence-electron chi connectivity index (χ2n) is 7.54. The third-order valence-electron chi connectivity index (χ3n) is 5.58. The summed E-state index contributed by atoms with van der Waals surface area (Å²) in [7, 11) is 1.59. The summed E-state index contributed by atoms with van der Waals surface area (Å²) in [6, 6.07) is 16.3. The smallest absolute Gasteiger partial charge is 0.229 e. The lowest BCUT2D eigenvalue weighted by atomic mass is 9.86. The van der Waals surface area contributed by atoms with E-state index in [9.17, 15) is 10.1 Å². The van der Waals surface area contributed by atoms with E-state index in [0.29, 0.717) is 36.2 Å². The summed E-state index contributed by atoms with van der Waals surface area (Å²) in [4.78, 5) is 17.0. The zero-order chi connectivity index (χ0) is 22.0. The number of methoxy groups -OCH3 is 1. The van der Waals surface area contributed by atoms with Gasteiger partial charge in [0.1, 0.15) is 0 Å². The Morgan fingerprint density at radius 2 is 1.97 bits per heavy atom. The lowest BCUT2D eigenvalue weighted by molar-refractivity contribution is -0.129. The highest BCUT2D eigenvalue weighted by molar-refractivity contribution is 8.03. The quantitative estimate of drug-likeness (QED) is 0.683. The summed E-state index contributed by atoms with van der Waals surface area (Å²) < 4.78 is 11.1. The predicted octanol–water partition coefficient (Wildman–Crippen LogP) is 4.62. The molecule has 1 atom stereocenters. The molecular weight excluding hydrogens is 410 g/mol. The number of fused-ring (bicyclic) bond motifs is 1. The Morgan fingerprint density at radius 1 is 1.19 bits per heavy atom. The van der Waals surface area contributed by atoms with Crippen molar-refractivity contribution in [2.75, 3.05) is 31.2 Å². The third kappa shape index (κ3) is 4.08. The Bertz CT molecular complexity index is 1060. The summed E-state index contributed by atoms with van der Waals surface area (Å²) in [5.41, 5.74) is 3.79. The van der Waals surface area contributed by atoms with E-state index >= 15 is 0 Å². The van der Waals surface area contributed by atoms with E-state index in [-0.39, 0.29) is 18.2 Å². The zero-order valence-electron chi connectivity index (χ0n) is 17.9. The number of amides is 1.